The Morgan fingerprint density at radius 3 is 2.06 bits per heavy atom. The largest absolute Gasteiger partial charge is 0.573 e. The highest BCUT2D eigenvalue weighted by Crippen LogP contribution is 2.55. The Hall–Kier alpha value is -4.44. The van der Waals surface area contributed by atoms with Gasteiger partial charge in [0.15, 0.2) is 12.5 Å². The summed E-state index contributed by atoms with van der Waals surface area (Å²) in [6, 6.07) is 5.06. The molecule has 1 aromatic heterocycles. The standard InChI is InChI=1S/C30H22Cl2F10N4O5/c1-25(2,3)51-24(48)49-14-45(26(13-43)6-7-26)23(47)18-8-15(4-5-19(18)31)16-11-44-46(12-16)22-20(32)9-17(10-21(22)50-30(40,41)42)27(33,28(34,35)36)29(37,38)39/h4-5,8-12H,6-7,14H2,1-3H3. The molecule has 0 aliphatic heterocycles. The van der Waals surface area contributed by atoms with Crippen LogP contribution in [0.25, 0.3) is 16.8 Å². The van der Waals surface area contributed by atoms with Gasteiger partial charge in [-0.15, -0.1) is 13.2 Å². The first-order valence-electron chi connectivity index (χ1n) is 14.1. The number of aromatic nitrogens is 2. The number of ether oxygens (including phenoxy) is 3. The van der Waals surface area contributed by atoms with Gasteiger partial charge in [0.1, 0.15) is 16.8 Å². The Balaban J connectivity index is 1.76. The molecule has 0 bridgehead atoms. The topological polar surface area (TPSA) is 107 Å². The van der Waals surface area contributed by atoms with Gasteiger partial charge in [0, 0.05) is 17.3 Å². The van der Waals surface area contributed by atoms with Crippen LogP contribution in [0.1, 0.15) is 49.5 Å². The highest BCUT2D eigenvalue weighted by Gasteiger charge is 2.73. The van der Waals surface area contributed by atoms with Crippen molar-refractivity contribution in [3.8, 4) is 28.6 Å². The summed E-state index contributed by atoms with van der Waals surface area (Å²) in [5, 5.41) is 12.1. The van der Waals surface area contributed by atoms with E-state index < -0.39 is 82.4 Å². The molecule has 0 atom stereocenters. The van der Waals surface area contributed by atoms with E-state index in [-0.39, 0.29) is 40.6 Å². The van der Waals surface area contributed by atoms with Crippen LogP contribution in [-0.2, 0) is 15.1 Å². The van der Waals surface area contributed by atoms with E-state index in [0.717, 1.165) is 17.3 Å². The molecule has 0 unspecified atom stereocenters. The van der Waals surface area contributed by atoms with Crippen molar-refractivity contribution in [2.75, 3.05) is 6.73 Å². The molecular formula is C30H22Cl2F10N4O5. The predicted octanol–water partition coefficient (Wildman–Crippen LogP) is 9.44. The molecule has 1 saturated carbocycles. The average Bonchev–Trinajstić information content (AvgIpc) is 3.61. The van der Waals surface area contributed by atoms with Gasteiger partial charge in [0.25, 0.3) is 5.91 Å². The second-order valence-electron chi connectivity index (χ2n) is 12.0. The van der Waals surface area contributed by atoms with Crippen molar-refractivity contribution in [2.24, 2.45) is 0 Å². The zero-order valence-electron chi connectivity index (χ0n) is 26.0. The third-order valence-electron chi connectivity index (χ3n) is 7.17. The molecule has 1 heterocycles. The summed E-state index contributed by atoms with van der Waals surface area (Å²) in [6.07, 6.45) is -17.9. The molecule has 276 valence electrons. The fourth-order valence-corrected chi connectivity index (χ4v) is 5.12. The molecule has 51 heavy (non-hydrogen) atoms. The number of rotatable bonds is 8. The third-order valence-corrected chi connectivity index (χ3v) is 7.79. The van der Waals surface area contributed by atoms with Crippen LogP contribution in [0.15, 0.2) is 42.7 Å². The number of carbonyl (C=O) groups excluding carboxylic acids is 2. The Labute approximate surface area is 291 Å². The number of amides is 1. The van der Waals surface area contributed by atoms with Crippen LogP contribution in [0.4, 0.5) is 48.7 Å². The Bertz CT molecular complexity index is 1860. The summed E-state index contributed by atoms with van der Waals surface area (Å²) < 4.78 is 149. The van der Waals surface area contributed by atoms with Crippen LogP contribution in [0, 0.1) is 11.3 Å². The first kappa shape index (κ1) is 39.3. The molecular weight excluding hydrogens is 757 g/mol. The fourth-order valence-electron chi connectivity index (χ4n) is 4.63. The van der Waals surface area contributed by atoms with E-state index in [1.807, 2.05) is 6.07 Å². The van der Waals surface area contributed by atoms with Gasteiger partial charge in [-0.05, 0) is 63.4 Å². The average molecular weight is 779 g/mol. The molecule has 2 aromatic carbocycles. The number of carbonyl (C=O) groups is 2. The van der Waals surface area contributed by atoms with E-state index in [4.69, 9.17) is 32.7 Å². The zero-order valence-corrected chi connectivity index (χ0v) is 27.5. The second kappa shape index (κ2) is 13.3. The van der Waals surface area contributed by atoms with Gasteiger partial charge in [-0.2, -0.15) is 36.7 Å². The number of halogens is 12. The highest BCUT2D eigenvalue weighted by molar-refractivity contribution is 6.34. The normalized spacial score (nSPS) is 14.8. The van der Waals surface area contributed by atoms with Gasteiger partial charge in [-0.3, -0.25) is 9.69 Å². The summed E-state index contributed by atoms with van der Waals surface area (Å²) in [5.41, 5.74) is -12.0. The van der Waals surface area contributed by atoms with Crippen molar-refractivity contribution in [3.05, 3.63) is 63.9 Å². The predicted molar refractivity (Wildman–Crippen MR) is 157 cm³/mol. The van der Waals surface area contributed by atoms with Gasteiger partial charge < -0.3 is 14.2 Å². The molecule has 4 rings (SSSR count). The van der Waals surface area contributed by atoms with Gasteiger partial charge in [0.2, 0.25) is 0 Å². The monoisotopic (exact) mass is 778 g/mol. The van der Waals surface area contributed by atoms with E-state index in [2.05, 4.69) is 9.84 Å². The second-order valence-corrected chi connectivity index (χ2v) is 12.8. The molecule has 0 radical (unpaired) electrons. The van der Waals surface area contributed by atoms with Gasteiger partial charge in [-0.1, -0.05) is 29.3 Å². The Morgan fingerprint density at radius 1 is 0.941 bits per heavy atom. The Morgan fingerprint density at radius 2 is 1.55 bits per heavy atom. The van der Waals surface area contributed by atoms with E-state index in [0.29, 0.717) is 4.68 Å². The van der Waals surface area contributed by atoms with Crippen molar-refractivity contribution in [1.82, 2.24) is 14.7 Å². The number of hydrogen-bond donors (Lipinski definition) is 0. The number of alkyl halides is 10. The lowest BCUT2D eigenvalue weighted by atomic mass is 9.93. The fraction of sp³-hybridized carbons (Fsp3) is 0.400. The van der Waals surface area contributed by atoms with Crippen LogP contribution < -0.4 is 4.74 Å². The van der Waals surface area contributed by atoms with E-state index in [1.165, 1.54) is 18.2 Å². The molecule has 3 aromatic rings. The molecule has 1 amide bonds. The maximum atomic E-state index is 14.8. The lowest BCUT2D eigenvalue weighted by Crippen LogP contribution is -2.50. The first-order valence-corrected chi connectivity index (χ1v) is 14.8. The summed E-state index contributed by atoms with van der Waals surface area (Å²) in [5.74, 6) is -2.66. The van der Waals surface area contributed by atoms with Gasteiger partial charge in [-0.25, -0.2) is 13.9 Å². The highest BCUT2D eigenvalue weighted by atomic mass is 35.5. The molecule has 9 nitrogen and oxygen atoms in total. The number of nitriles is 1. The van der Waals surface area contributed by atoms with E-state index in [9.17, 15) is 58.8 Å². The number of benzene rings is 2. The quantitative estimate of drug-likeness (QED) is 0.127. The minimum atomic E-state index is -6.68. The molecule has 0 saturated heterocycles. The SMILES string of the molecule is CC(C)(C)OC(=O)OCN(C(=O)c1cc(-c2cnn(-c3c(Cl)cc(C(F)(C(F)(F)F)C(F)(F)F)cc3OC(F)(F)F)c2)ccc1Cl)C1(C#N)CC1. The van der Waals surface area contributed by atoms with Crippen LogP contribution in [-0.4, -0.2) is 63.3 Å². The van der Waals surface area contributed by atoms with Crippen molar-refractivity contribution >= 4 is 35.3 Å². The van der Waals surface area contributed by atoms with Crippen molar-refractivity contribution in [3.63, 3.8) is 0 Å². The van der Waals surface area contributed by atoms with Crippen molar-refractivity contribution in [1.29, 1.82) is 5.26 Å². The van der Waals surface area contributed by atoms with E-state index >= 15 is 0 Å². The first-order chi connectivity index (χ1) is 23.2. The maximum Gasteiger partial charge on any atom is 0.573 e. The summed E-state index contributed by atoms with van der Waals surface area (Å²) in [4.78, 5) is 26.8. The third kappa shape index (κ3) is 8.22. The van der Waals surface area contributed by atoms with Crippen molar-refractivity contribution < 1.29 is 67.7 Å². The molecule has 1 aliphatic rings. The minimum absolute atomic E-state index is 0.0257. The van der Waals surface area contributed by atoms with Gasteiger partial charge in [0.05, 0.1) is 27.9 Å². The maximum absolute atomic E-state index is 14.8. The summed E-state index contributed by atoms with van der Waals surface area (Å²) >= 11 is 12.2. The number of hydrogen-bond acceptors (Lipinski definition) is 7. The van der Waals surface area contributed by atoms with Crippen LogP contribution in [0.2, 0.25) is 10.0 Å². The lowest BCUT2D eigenvalue weighted by Gasteiger charge is -2.31. The molecule has 1 aliphatic carbocycles. The van der Waals surface area contributed by atoms with Crippen LogP contribution in [0.3, 0.4) is 0 Å². The van der Waals surface area contributed by atoms with Crippen LogP contribution >= 0.6 is 23.2 Å². The molecule has 0 N–H and O–H groups in total. The van der Waals surface area contributed by atoms with E-state index in [1.54, 1.807) is 20.8 Å². The summed E-state index contributed by atoms with van der Waals surface area (Å²) in [6.45, 7) is 3.96. The molecule has 0 spiro atoms. The number of nitrogens with zero attached hydrogens (tertiary/aromatic N) is 4. The zero-order chi connectivity index (χ0) is 38.5. The van der Waals surface area contributed by atoms with Gasteiger partial charge >= 0.3 is 30.5 Å². The van der Waals surface area contributed by atoms with Crippen LogP contribution in [0.5, 0.6) is 5.75 Å². The lowest BCUT2D eigenvalue weighted by molar-refractivity contribution is -0.348. The molecule has 21 heteroatoms. The minimum Gasteiger partial charge on any atom is -0.429 e. The Kier molecular flexibility index (Phi) is 10.2. The smallest absolute Gasteiger partial charge is 0.429 e. The molecule has 1 fully saturated rings. The summed E-state index contributed by atoms with van der Waals surface area (Å²) in [7, 11) is 0. The van der Waals surface area contributed by atoms with Crippen molar-refractivity contribution in [2.45, 2.75) is 69.1 Å².